The van der Waals surface area contributed by atoms with Gasteiger partial charge in [0.1, 0.15) is 5.82 Å². The van der Waals surface area contributed by atoms with Gasteiger partial charge < -0.3 is 4.90 Å². The van der Waals surface area contributed by atoms with Crippen LogP contribution in [0.1, 0.15) is 30.5 Å². The Bertz CT molecular complexity index is 786. The molecule has 0 aromatic heterocycles. The molecule has 1 nitrogen and oxygen atoms in total. The van der Waals surface area contributed by atoms with Crippen LogP contribution in [0.4, 0.5) is 10.1 Å². The smallest absolute Gasteiger partial charge is 0.126 e. The molecule has 0 spiro atoms. The van der Waals surface area contributed by atoms with Crippen LogP contribution in [0.5, 0.6) is 0 Å². The topological polar surface area (TPSA) is 3.24 Å². The molecule has 0 amide bonds. The Kier molecular flexibility index (Phi) is 4.29. The normalized spacial score (nSPS) is 15.9. The third-order valence-corrected chi connectivity index (χ3v) is 5.52. The second-order valence-electron chi connectivity index (χ2n) is 6.69. The predicted molar refractivity (Wildman–Crippen MR) is 96.7 cm³/mol. The van der Waals surface area contributed by atoms with Crippen molar-refractivity contribution >= 4 is 40.5 Å². The van der Waals surface area contributed by atoms with Crippen LogP contribution in [0.15, 0.2) is 24.3 Å². The molecular weight excluding hydrogens is 356 g/mol. The minimum Gasteiger partial charge on any atom is -0.366 e. The van der Waals surface area contributed by atoms with Gasteiger partial charge in [0.2, 0.25) is 0 Å². The van der Waals surface area contributed by atoms with E-state index < -0.39 is 0 Å². The van der Waals surface area contributed by atoms with Crippen molar-refractivity contribution in [2.24, 2.45) is 0 Å². The maximum Gasteiger partial charge on any atom is 0.126 e. The molecule has 1 aliphatic rings. The molecule has 0 bridgehead atoms. The highest BCUT2D eigenvalue weighted by atomic mass is 35.5. The lowest BCUT2D eigenvalue weighted by Crippen LogP contribution is -2.28. The number of halogens is 4. The number of hydrogen-bond donors (Lipinski definition) is 0. The number of aryl methyl sites for hydroxylation is 1. The van der Waals surface area contributed by atoms with E-state index in [0.717, 1.165) is 23.4 Å². The van der Waals surface area contributed by atoms with Crippen molar-refractivity contribution in [3.05, 3.63) is 61.8 Å². The first-order chi connectivity index (χ1) is 10.7. The Balaban J connectivity index is 2.02. The molecule has 122 valence electrons. The van der Waals surface area contributed by atoms with E-state index in [4.69, 9.17) is 34.8 Å². The van der Waals surface area contributed by atoms with E-state index in [1.54, 1.807) is 19.1 Å². The molecular formula is C18H17Cl3FN. The number of hydrogen-bond acceptors (Lipinski definition) is 1. The Morgan fingerprint density at radius 2 is 1.83 bits per heavy atom. The largest absolute Gasteiger partial charge is 0.366 e. The third-order valence-electron chi connectivity index (χ3n) is 4.37. The molecule has 0 saturated heterocycles. The van der Waals surface area contributed by atoms with Gasteiger partial charge in [-0.25, -0.2) is 4.39 Å². The van der Waals surface area contributed by atoms with Crippen LogP contribution in [-0.2, 0) is 12.0 Å². The quantitative estimate of drug-likeness (QED) is 0.590. The summed E-state index contributed by atoms with van der Waals surface area (Å²) < 4.78 is 13.9. The summed E-state index contributed by atoms with van der Waals surface area (Å²) in [5, 5.41) is 1.73. The van der Waals surface area contributed by atoms with Gasteiger partial charge in [-0.1, -0.05) is 48.7 Å². The van der Waals surface area contributed by atoms with Crippen LogP contribution in [0.2, 0.25) is 15.1 Å². The summed E-state index contributed by atoms with van der Waals surface area (Å²) in [5.41, 5.74) is 3.25. The molecule has 0 radical (unpaired) electrons. The maximum absolute atomic E-state index is 13.9. The van der Waals surface area contributed by atoms with E-state index >= 15 is 0 Å². The zero-order valence-corrected chi connectivity index (χ0v) is 15.5. The second-order valence-corrected chi connectivity index (χ2v) is 7.88. The van der Waals surface area contributed by atoms with Crippen LogP contribution < -0.4 is 4.90 Å². The first-order valence-corrected chi connectivity index (χ1v) is 8.52. The summed E-state index contributed by atoms with van der Waals surface area (Å²) in [4.78, 5) is 2.17. The molecule has 1 aliphatic heterocycles. The molecule has 0 unspecified atom stereocenters. The predicted octanol–water partition coefficient (Wildman–Crippen LogP) is 6.39. The van der Waals surface area contributed by atoms with Gasteiger partial charge in [-0.2, -0.15) is 0 Å². The molecule has 23 heavy (non-hydrogen) atoms. The fourth-order valence-electron chi connectivity index (χ4n) is 3.24. The Morgan fingerprint density at radius 3 is 2.52 bits per heavy atom. The Labute approximate surface area is 151 Å². The molecule has 5 heteroatoms. The lowest BCUT2D eigenvalue weighted by atomic mass is 9.87. The standard InChI is InChI=1S/C18H17Cl3FN/c1-10-6-13(20)11(7-14(10)22)8-23-9-18(2,3)16-15(23)5-4-12(19)17(16)21/h4-7H,8-9H2,1-3H3. The number of anilines is 1. The molecule has 0 saturated carbocycles. The Morgan fingerprint density at radius 1 is 1.13 bits per heavy atom. The number of rotatable bonds is 2. The second kappa shape index (κ2) is 5.84. The molecule has 0 aliphatic carbocycles. The van der Waals surface area contributed by atoms with Crippen LogP contribution in [0.3, 0.4) is 0 Å². The summed E-state index contributed by atoms with van der Waals surface area (Å²) in [6.45, 7) is 7.27. The van der Waals surface area contributed by atoms with E-state index in [1.807, 2.05) is 6.07 Å². The average Bonchev–Trinajstić information content (AvgIpc) is 2.71. The summed E-state index contributed by atoms with van der Waals surface area (Å²) in [7, 11) is 0. The van der Waals surface area contributed by atoms with Crippen molar-refractivity contribution in [3.8, 4) is 0 Å². The molecule has 1 heterocycles. The van der Waals surface area contributed by atoms with Crippen molar-refractivity contribution in [2.75, 3.05) is 11.4 Å². The highest BCUT2D eigenvalue weighted by Gasteiger charge is 2.37. The first-order valence-electron chi connectivity index (χ1n) is 7.38. The molecule has 0 atom stereocenters. The lowest BCUT2D eigenvalue weighted by Gasteiger charge is -2.23. The van der Waals surface area contributed by atoms with E-state index in [0.29, 0.717) is 27.2 Å². The van der Waals surface area contributed by atoms with Crippen molar-refractivity contribution in [3.63, 3.8) is 0 Å². The van der Waals surface area contributed by atoms with Gasteiger partial charge in [-0.05, 0) is 42.3 Å². The fraction of sp³-hybridized carbons (Fsp3) is 0.333. The summed E-state index contributed by atoms with van der Waals surface area (Å²) in [6.07, 6.45) is 0. The number of benzene rings is 2. The number of nitrogens with zero attached hydrogens (tertiary/aromatic N) is 1. The molecule has 2 aromatic rings. The average molecular weight is 373 g/mol. The van der Waals surface area contributed by atoms with E-state index in [1.165, 1.54) is 6.07 Å². The van der Waals surface area contributed by atoms with Crippen molar-refractivity contribution in [2.45, 2.75) is 32.7 Å². The summed E-state index contributed by atoms with van der Waals surface area (Å²) in [5.74, 6) is -0.239. The van der Waals surface area contributed by atoms with E-state index in [9.17, 15) is 4.39 Å². The van der Waals surface area contributed by atoms with Gasteiger partial charge in [0.15, 0.2) is 0 Å². The highest BCUT2D eigenvalue weighted by molar-refractivity contribution is 6.43. The number of fused-ring (bicyclic) bond motifs is 1. The minimum atomic E-state index is -0.239. The zero-order chi connectivity index (χ0) is 16.9. The van der Waals surface area contributed by atoms with Gasteiger partial charge in [0.25, 0.3) is 0 Å². The van der Waals surface area contributed by atoms with E-state index in [2.05, 4.69) is 18.7 Å². The van der Waals surface area contributed by atoms with Gasteiger partial charge in [0.05, 0.1) is 10.0 Å². The molecule has 3 rings (SSSR count). The third kappa shape index (κ3) is 2.93. The summed E-state index contributed by atoms with van der Waals surface area (Å²) in [6, 6.07) is 6.95. The highest BCUT2D eigenvalue weighted by Crippen LogP contribution is 2.47. The van der Waals surface area contributed by atoms with Crippen LogP contribution in [0.25, 0.3) is 0 Å². The lowest BCUT2D eigenvalue weighted by molar-refractivity contribution is 0.549. The molecule has 0 fully saturated rings. The van der Waals surface area contributed by atoms with Crippen molar-refractivity contribution < 1.29 is 4.39 Å². The zero-order valence-electron chi connectivity index (χ0n) is 13.2. The maximum atomic E-state index is 13.9. The van der Waals surface area contributed by atoms with Crippen molar-refractivity contribution in [1.29, 1.82) is 0 Å². The van der Waals surface area contributed by atoms with Gasteiger partial charge in [-0.15, -0.1) is 0 Å². The SMILES string of the molecule is Cc1cc(Cl)c(CN2CC(C)(C)c3c2ccc(Cl)c3Cl)cc1F. The Hall–Kier alpha value is -0.960. The van der Waals surface area contributed by atoms with Crippen molar-refractivity contribution in [1.82, 2.24) is 0 Å². The van der Waals surface area contributed by atoms with Gasteiger partial charge in [-0.3, -0.25) is 0 Å². The monoisotopic (exact) mass is 371 g/mol. The van der Waals surface area contributed by atoms with Gasteiger partial charge in [0, 0.05) is 34.8 Å². The molecule has 2 aromatic carbocycles. The molecule has 0 N–H and O–H groups in total. The van der Waals surface area contributed by atoms with Gasteiger partial charge >= 0.3 is 0 Å². The fourth-order valence-corrected chi connectivity index (χ4v) is 4.10. The van der Waals surface area contributed by atoms with E-state index in [-0.39, 0.29) is 11.2 Å². The van der Waals surface area contributed by atoms with Crippen LogP contribution in [0, 0.1) is 12.7 Å². The van der Waals surface area contributed by atoms with Crippen LogP contribution >= 0.6 is 34.8 Å². The first kappa shape index (κ1) is 16.9. The summed E-state index contributed by atoms with van der Waals surface area (Å²) >= 11 is 18.9. The van der Waals surface area contributed by atoms with Crippen LogP contribution in [-0.4, -0.2) is 6.54 Å². The minimum absolute atomic E-state index is 0.132.